The molecule has 2 atom stereocenters. The highest BCUT2D eigenvalue weighted by atomic mass is 16.2. The third-order valence-electron chi connectivity index (χ3n) is 3.78. The first-order valence-corrected chi connectivity index (χ1v) is 7.36. The Balaban J connectivity index is 1.97. The van der Waals surface area contributed by atoms with Crippen molar-refractivity contribution in [2.24, 2.45) is 17.6 Å². The second kappa shape index (κ2) is 6.72. The van der Waals surface area contributed by atoms with E-state index in [4.69, 9.17) is 5.73 Å². The number of likely N-dealkylation sites (tertiary alicyclic amines) is 1. The summed E-state index contributed by atoms with van der Waals surface area (Å²) in [6, 6.07) is 6.80. The minimum absolute atomic E-state index is 0.106. The van der Waals surface area contributed by atoms with Gasteiger partial charge in [-0.05, 0) is 30.4 Å². The van der Waals surface area contributed by atoms with Crippen molar-refractivity contribution >= 4 is 17.5 Å². The van der Waals surface area contributed by atoms with Gasteiger partial charge in [0.05, 0.1) is 17.8 Å². The molecule has 1 heterocycles. The summed E-state index contributed by atoms with van der Waals surface area (Å²) in [5.41, 5.74) is 6.13. The van der Waals surface area contributed by atoms with Gasteiger partial charge in [-0.1, -0.05) is 26.0 Å². The summed E-state index contributed by atoms with van der Waals surface area (Å²) in [7, 11) is 0. The number of nitrogens with two attached hydrogens (primary N) is 1. The van der Waals surface area contributed by atoms with Gasteiger partial charge in [0.25, 0.3) is 5.91 Å². The Kier molecular flexibility index (Phi) is 4.96. The van der Waals surface area contributed by atoms with E-state index in [1.165, 1.54) is 6.42 Å². The minimum Gasteiger partial charge on any atom is -0.366 e. The van der Waals surface area contributed by atoms with E-state index in [9.17, 15) is 9.59 Å². The van der Waals surface area contributed by atoms with Crippen LogP contribution in [0.2, 0.25) is 0 Å². The summed E-state index contributed by atoms with van der Waals surface area (Å²) in [4.78, 5) is 25.7. The van der Waals surface area contributed by atoms with Crippen molar-refractivity contribution in [3.63, 3.8) is 0 Å². The number of anilines is 1. The van der Waals surface area contributed by atoms with Crippen LogP contribution in [0, 0.1) is 11.8 Å². The van der Waals surface area contributed by atoms with Crippen LogP contribution in [0.3, 0.4) is 0 Å². The topological polar surface area (TPSA) is 75.4 Å². The monoisotopic (exact) mass is 289 g/mol. The van der Waals surface area contributed by atoms with E-state index < -0.39 is 5.91 Å². The van der Waals surface area contributed by atoms with Crippen LogP contribution >= 0.6 is 0 Å². The van der Waals surface area contributed by atoms with Crippen LogP contribution in [0.25, 0.3) is 0 Å². The quantitative estimate of drug-likeness (QED) is 0.886. The molecule has 5 nitrogen and oxygen atoms in total. The van der Waals surface area contributed by atoms with Gasteiger partial charge >= 0.3 is 0 Å². The number of carbonyl (C=O) groups excluding carboxylic acids is 2. The van der Waals surface area contributed by atoms with Crippen LogP contribution in [0.1, 0.15) is 30.6 Å². The number of primary amides is 1. The Morgan fingerprint density at radius 3 is 2.48 bits per heavy atom. The van der Waals surface area contributed by atoms with Crippen molar-refractivity contribution in [1.82, 2.24) is 4.90 Å². The van der Waals surface area contributed by atoms with Crippen molar-refractivity contribution in [3.8, 4) is 0 Å². The molecule has 0 radical (unpaired) electrons. The zero-order chi connectivity index (χ0) is 15.4. The zero-order valence-corrected chi connectivity index (χ0v) is 12.6. The molecule has 1 aliphatic heterocycles. The lowest BCUT2D eigenvalue weighted by molar-refractivity contribution is -0.117. The zero-order valence-electron chi connectivity index (χ0n) is 12.6. The Labute approximate surface area is 125 Å². The number of nitrogens with one attached hydrogen (secondary N) is 1. The highest BCUT2D eigenvalue weighted by Gasteiger charge is 2.23. The normalized spacial score (nSPS) is 22.8. The molecular formula is C16H23N3O2. The van der Waals surface area contributed by atoms with Gasteiger partial charge in [0, 0.05) is 13.1 Å². The first kappa shape index (κ1) is 15.5. The molecule has 21 heavy (non-hydrogen) atoms. The molecule has 1 aromatic rings. The van der Waals surface area contributed by atoms with Gasteiger partial charge in [0.1, 0.15) is 0 Å². The second-order valence-electron chi connectivity index (χ2n) is 6.10. The molecule has 0 bridgehead atoms. The van der Waals surface area contributed by atoms with Crippen molar-refractivity contribution in [3.05, 3.63) is 29.8 Å². The van der Waals surface area contributed by atoms with Gasteiger partial charge in [-0.25, -0.2) is 0 Å². The first-order chi connectivity index (χ1) is 9.95. The molecule has 1 saturated heterocycles. The maximum absolute atomic E-state index is 12.2. The van der Waals surface area contributed by atoms with Crippen LogP contribution < -0.4 is 11.1 Å². The molecule has 1 aromatic carbocycles. The van der Waals surface area contributed by atoms with E-state index in [0.29, 0.717) is 29.6 Å². The number of piperidine rings is 1. The van der Waals surface area contributed by atoms with Crippen molar-refractivity contribution in [2.45, 2.75) is 20.3 Å². The molecule has 5 heteroatoms. The summed E-state index contributed by atoms with van der Waals surface area (Å²) in [6.07, 6.45) is 1.21. The smallest absolute Gasteiger partial charge is 0.250 e. The summed E-state index contributed by atoms with van der Waals surface area (Å²) in [5, 5.41) is 2.79. The first-order valence-electron chi connectivity index (χ1n) is 7.36. The van der Waals surface area contributed by atoms with Gasteiger partial charge in [-0.2, -0.15) is 0 Å². The predicted octanol–water partition coefficient (Wildman–Crippen LogP) is 1.70. The Morgan fingerprint density at radius 1 is 1.24 bits per heavy atom. The maximum Gasteiger partial charge on any atom is 0.250 e. The van der Waals surface area contributed by atoms with E-state index >= 15 is 0 Å². The minimum atomic E-state index is -0.536. The fraction of sp³-hybridized carbons (Fsp3) is 0.500. The number of benzene rings is 1. The number of para-hydroxylation sites is 1. The van der Waals surface area contributed by atoms with E-state index in [-0.39, 0.29) is 5.91 Å². The Morgan fingerprint density at radius 2 is 1.86 bits per heavy atom. The molecule has 114 valence electrons. The lowest BCUT2D eigenvalue weighted by Gasteiger charge is -2.34. The number of amides is 2. The standard InChI is InChI=1S/C16H23N3O2/c1-11-7-12(2)9-19(8-11)10-15(20)18-14-6-4-3-5-13(14)16(17)21/h3-6,11-12H,7-10H2,1-2H3,(H2,17,21)(H,18,20)/t11-,12-/m1/s1. The third-order valence-corrected chi connectivity index (χ3v) is 3.78. The Bertz CT molecular complexity index is 520. The van der Waals surface area contributed by atoms with Crippen LogP contribution in [0.4, 0.5) is 5.69 Å². The lowest BCUT2D eigenvalue weighted by atomic mass is 9.92. The SMILES string of the molecule is C[C@@H]1C[C@@H](C)CN(CC(=O)Nc2ccccc2C(N)=O)C1. The van der Waals surface area contributed by atoms with Gasteiger partial charge < -0.3 is 11.1 Å². The number of nitrogens with zero attached hydrogens (tertiary/aromatic N) is 1. The molecule has 0 saturated carbocycles. The molecule has 0 spiro atoms. The number of hydrogen-bond donors (Lipinski definition) is 2. The molecular weight excluding hydrogens is 266 g/mol. The van der Waals surface area contributed by atoms with Gasteiger partial charge in [-0.15, -0.1) is 0 Å². The molecule has 0 aliphatic carbocycles. The van der Waals surface area contributed by atoms with E-state index in [1.807, 2.05) is 0 Å². The largest absolute Gasteiger partial charge is 0.366 e. The lowest BCUT2D eigenvalue weighted by Crippen LogP contribution is -2.43. The van der Waals surface area contributed by atoms with Gasteiger partial charge in [0.2, 0.25) is 5.91 Å². The molecule has 2 amide bonds. The molecule has 1 fully saturated rings. The van der Waals surface area contributed by atoms with Crippen LogP contribution in [0.15, 0.2) is 24.3 Å². The number of rotatable bonds is 4. The Hall–Kier alpha value is -1.88. The van der Waals surface area contributed by atoms with Crippen LogP contribution in [-0.2, 0) is 4.79 Å². The third kappa shape index (κ3) is 4.29. The highest BCUT2D eigenvalue weighted by molar-refractivity contribution is 6.03. The van der Waals surface area contributed by atoms with Gasteiger partial charge in [0.15, 0.2) is 0 Å². The van der Waals surface area contributed by atoms with E-state index in [1.54, 1.807) is 24.3 Å². The molecule has 1 aliphatic rings. The number of carbonyl (C=O) groups is 2. The van der Waals surface area contributed by atoms with Crippen LogP contribution in [0.5, 0.6) is 0 Å². The average Bonchev–Trinajstić information content (AvgIpc) is 2.37. The summed E-state index contributed by atoms with van der Waals surface area (Å²) in [6.45, 7) is 6.65. The van der Waals surface area contributed by atoms with Gasteiger partial charge in [-0.3, -0.25) is 14.5 Å². The predicted molar refractivity (Wildman–Crippen MR) is 83.0 cm³/mol. The fourth-order valence-corrected chi connectivity index (χ4v) is 3.12. The average molecular weight is 289 g/mol. The molecule has 3 N–H and O–H groups in total. The summed E-state index contributed by atoms with van der Waals surface area (Å²) < 4.78 is 0. The van der Waals surface area contributed by atoms with E-state index in [0.717, 1.165) is 13.1 Å². The molecule has 0 unspecified atom stereocenters. The second-order valence-corrected chi connectivity index (χ2v) is 6.10. The molecule has 2 rings (SSSR count). The maximum atomic E-state index is 12.2. The van der Waals surface area contributed by atoms with Crippen molar-refractivity contribution in [1.29, 1.82) is 0 Å². The molecule has 0 aromatic heterocycles. The van der Waals surface area contributed by atoms with Crippen molar-refractivity contribution in [2.75, 3.05) is 25.0 Å². The highest BCUT2D eigenvalue weighted by Crippen LogP contribution is 2.21. The summed E-state index contributed by atoms with van der Waals surface area (Å²) >= 11 is 0. The fourth-order valence-electron chi connectivity index (χ4n) is 3.12. The van der Waals surface area contributed by atoms with Crippen LogP contribution in [-0.4, -0.2) is 36.3 Å². The number of hydrogen-bond acceptors (Lipinski definition) is 3. The van der Waals surface area contributed by atoms with E-state index in [2.05, 4.69) is 24.1 Å². The van der Waals surface area contributed by atoms with Crippen molar-refractivity contribution < 1.29 is 9.59 Å². The summed E-state index contributed by atoms with van der Waals surface area (Å²) in [5.74, 6) is 0.579.